The van der Waals surface area contributed by atoms with Crippen molar-refractivity contribution in [3.63, 3.8) is 0 Å². The second kappa shape index (κ2) is 7.99. The molecule has 142 valence electrons. The Morgan fingerprint density at radius 1 is 1.00 bits per heavy atom. The van der Waals surface area contributed by atoms with Crippen LogP contribution in [0.25, 0.3) is 0 Å². The topological polar surface area (TPSA) is 79.9 Å². The second-order valence-electron chi connectivity index (χ2n) is 6.30. The van der Waals surface area contributed by atoms with Crippen LogP contribution in [-0.2, 0) is 4.79 Å². The van der Waals surface area contributed by atoms with Gasteiger partial charge in [0, 0.05) is 36.1 Å². The van der Waals surface area contributed by atoms with Gasteiger partial charge in [-0.25, -0.2) is 4.79 Å². The van der Waals surface area contributed by atoms with Gasteiger partial charge in [0.2, 0.25) is 5.91 Å². The number of rotatable bonds is 5. The van der Waals surface area contributed by atoms with Gasteiger partial charge in [-0.1, -0.05) is 0 Å². The SMILES string of the molecule is COc1ccc(NC(=O)Nc2ccc(N3CCCC3=O)c(C)c2)cc1OC. The van der Waals surface area contributed by atoms with Gasteiger partial charge < -0.3 is 25.0 Å². The summed E-state index contributed by atoms with van der Waals surface area (Å²) in [5.41, 5.74) is 3.07. The van der Waals surface area contributed by atoms with Crippen LogP contribution in [0.2, 0.25) is 0 Å². The standard InChI is InChI=1S/C20H23N3O4/c1-13-11-14(6-8-16(13)23-10-4-5-19(23)24)21-20(25)22-15-7-9-17(26-2)18(12-15)27-3/h6-9,11-12H,4-5,10H2,1-3H3,(H2,21,22,25). The predicted octanol–water partition coefficient (Wildman–Crippen LogP) is 3.78. The zero-order valence-corrected chi connectivity index (χ0v) is 15.7. The Morgan fingerprint density at radius 3 is 2.26 bits per heavy atom. The maximum Gasteiger partial charge on any atom is 0.323 e. The molecule has 2 aromatic carbocycles. The first-order chi connectivity index (χ1) is 13.0. The first kappa shape index (κ1) is 18.6. The molecule has 3 rings (SSSR count). The number of ether oxygens (including phenoxy) is 2. The average Bonchev–Trinajstić information content (AvgIpc) is 3.07. The highest BCUT2D eigenvalue weighted by Gasteiger charge is 2.23. The second-order valence-corrected chi connectivity index (χ2v) is 6.30. The van der Waals surface area contributed by atoms with E-state index in [4.69, 9.17) is 9.47 Å². The number of nitrogens with zero attached hydrogens (tertiary/aromatic N) is 1. The molecule has 0 aromatic heterocycles. The first-order valence-corrected chi connectivity index (χ1v) is 8.73. The van der Waals surface area contributed by atoms with Gasteiger partial charge in [0.25, 0.3) is 0 Å². The summed E-state index contributed by atoms with van der Waals surface area (Å²) in [7, 11) is 3.09. The lowest BCUT2D eigenvalue weighted by Gasteiger charge is -2.19. The summed E-state index contributed by atoms with van der Waals surface area (Å²) in [6, 6.07) is 10.3. The predicted molar refractivity (Wildman–Crippen MR) is 105 cm³/mol. The third-order valence-electron chi connectivity index (χ3n) is 4.46. The molecule has 0 unspecified atom stereocenters. The van der Waals surface area contributed by atoms with E-state index in [9.17, 15) is 9.59 Å². The van der Waals surface area contributed by atoms with E-state index in [-0.39, 0.29) is 11.9 Å². The van der Waals surface area contributed by atoms with Crippen molar-refractivity contribution in [3.8, 4) is 11.5 Å². The van der Waals surface area contributed by atoms with E-state index in [1.54, 1.807) is 36.3 Å². The van der Waals surface area contributed by atoms with Crippen LogP contribution in [0.15, 0.2) is 36.4 Å². The van der Waals surface area contributed by atoms with Crippen LogP contribution in [0.5, 0.6) is 11.5 Å². The molecule has 2 aromatic rings. The molecule has 27 heavy (non-hydrogen) atoms. The highest BCUT2D eigenvalue weighted by molar-refractivity contribution is 6.01. The lowest BCUT2D eigenvalue weighted by atomic mass is 10.1. The summed E-state index contributed by atoms with van der Waals surface area (Å²) >= 11 is 0. The minimum Gasteiger partial charge on any atom is -0.493 e. The van der Waals surface area contributed by atoms with E-state index in [2.05, 4.69) is 10.6 Å². The van der Waals surface area contributed by atoms with E-state index < -0.39 is 0 Å². The normalized spacial score (nSPS) is 13.4. The maximum atomic E-state index is 12.3. The summed E-state index contributed by atoms with van der Waals surface area (Å²) < 4.78 is 10.4. The minimum absolute atomic E-state index is 0.144. The van der Waals surface area contributed by atoms with Crippen molar-refractivity contribution in [2.45, 2.75) is 19.8 Å². The molecule has 0 bridgehead atoms. The number of benzene rings is 2. The summed E-state index contributed by atoms with van der Waals surface area (Å²) in [5, 5.41) is 5.56. The highest BCUT2D eigenvalue weighted by atomic mass is 16.5. The van der Waals surface area contributed by atoms with Gasteiger partial charge in [-0.05, 0) is 49.2 Å². The Labute approximate surface area is 158 Å². The van der Waals surface area contributed by atoms with Gasteiger partial charge in [0.1, 0.15) is 0 Å². The van der Waals surface area contributed by atoms with Gasteiger partial charge in [-0.2, -0.15) is 0 Å². The number of aryl methyl sites for hydroxylation is 1. The van der Waals surface area contributed by atoms with Crippen LogP contribution in [0, 0.1) is 6.92 Å². The molecule has 0 spiro atoms. The summed E-state index contributed by atoms with van der Waals surface area (Å²) in [5.74, 6) is 1.27. The molecule has 1 heterocycles. The van der Waals surface area contributed by atoms with Gasteiger partial charge >= 0.3 is 6.03 Å². The number of carbonyl (C=O) groups is 2. The number of nitrogens with one attached hydrogen (secondary N) is 2. The molecule has 7 heteroatoms. The van der Waals surface area contributed by atoms with Gasteiger partial charge in [-0.3, -0.25) is 4.79 Å². The number of hydrogen-bond acceptors (Lipinski definition) is 4. The average molecular weight is 369 g/mol. The number of carbonyl (C=O) groups excluding carboxylic acids is 2. The van der Waals surface area contributed by atoms with Crippen molar-refractivity contribution < 1.29 is 19.1 Å². The molecule has 1 aliphatic heterocycles. The van der Waals surface area contributed by atoms with Crippen molar-refractivity contribution >= 4 is 29.0 Å². The first-order valence-electron chi connectivity index (χ1n) is 8.73. The van der Waals surface area contributed by atoms with E-state index in [1.807, 2.05) is 19.1 Å². The lowest BCUT2D eigenvalue weighted by molar-refractivity contribution is -0.117. The molecule has 0 radical (unpaired) electrons. The highest BCUT2D eigenvalue weighted by Crippen LogP contribution is 2.30. The molecule has 1 saturated heterocycles. The largest absolute Gasteiger partial charge is 0.493 e. The zero-order chi connectivity index (χ0) is 19.4. The van der Waals surface area contributed by atoms with Crippen LogP contribution >= 0.6 is 0 Å². The molecule has 7 nitrogen and oxygen atoms in total. The fraction of sp³-hybridized carbons (Fsp3) is 0.300. The van der Waals surface area contributed by atoms with Gasteiger partial charge in [-0.15, -0.1) is 0 Å². The molecule has 0 saturated carbocycles. The minimum atomic E-state index is -0.369. The molecule has 2 N–H and O–H groups in total. The molecule has 3 amide bonds. The third-order valence-corrected chi connectivity index (χ3v) is 4.46. The molecule has 1 aliphatic rings. The Bertz CT molecular complexity index is 866. The van der Waals surface area contributed by atoms with E-state index >= 15 is 0 Å². The Kier molecular flexibility index (Phi) is 5.49. The molecule has 0 atom stereocenters. The number of methoxy groups -OCH3 is 2. The summed E-state index contributed by atoms with van der Waals surface area (Å²) in [6.07, 6.45) is 1.47. The van der Waals surface area contributed by atoms with E-state index in [0.717, 1.165) is 24.2 Å². The maximum absolute atomic E-state index is 12.3. The van der Waals surface area contributed by atoms with Crippen LogP contribution in [0.4, 0.5) is 21.9 Å². The van der Waals surface area contributed by atoms with Crippen molar-refractivity contribution in [1.29, 1.82) is 0 Å². The van der Waals surface area contributed by atoms with Crippen molar-refractivity contribution in [2.75, 3.05) is 36.3 Å². The van der Waals surface area contributed by atoms with Crippen LogP contribution in [0.1, 0.15) is 18.4 Å². The fourth-order valence-corrected chi connectivity index (χ4v) is 3.15. The molecule has 0 aliphatic carbocycles. The molecule has 1 fully saturated rings. The Balaban J connectivity index is 1.67. The number of hydrogen-bond donors (Lipinski definition) is 2. The van der Waals surface area contributed by atoms with Crippen LogP contribution < -0.4 is 25.0 Å². The van der Waals surface area contributed by atoms with Crippen LogP contribution in [0.3, 0.4) is 0 Å². The Hall–Kier alpha value is -3.22. The summed E-state index contributed by atoms with van der Waals surface area (Å²) in [4.78, 5) is 26.0. The number of amides is 3. The third kappa shape index (κ3) is 4.13. The monoisotopic (exact) mass is 369 g/mol. The number of anilines is 3. The smallest absolute Gasteiger partial charge is 0.323 e. The quantitative estimate of drug-likeness (QED) is 0.840. The molecular weight excluding hydrogens is 346 g/mol. The lowest BCUT2D eigenvalue weighted by Crippen LogP contribution is -2.24. The number of urea groups is 1. The van der Waals surface area contributed by atoms with Crippen molar-refractivity contribution in [3.05, 3.63) is 42.0 Å². The zero-order valence-electron chi connectivity index (χ0n) is 15.7. The van der Waals surface area contributed by atoms with Gasteiger partial charge in [0.05, 0.1) is 14.2 Å². The van der Waals surface area contributed by atoms with E-state index in [1.165, 1.54) is 7.11 Å². The van der Waals surface area contributed by atoms with Crippen molar-refractivity contribution in [2.24, 2.45) is 0 Å². The Morgan fingerprint density at radius 2 is 1.67 bits per heavy atom. The van der Waals surface area contributed by atoms with E-state index in [0.29, 0.717) is 29.3 Å². The fourth-order valence-electron chi connectivity index (χ4n) is 3.15. The van der Waals surface area contributed by atoms with Crippen LogP contribution in [-0.4, -0.2) is 32.7 Å². The molecular formula is C20H23N3O4. The van der Waals surface area contributed by atoms with Crippen molar-refractivity contribution in [1.82, 2.24) is 0 Å². The summed E-state index contributed by atoms with van der Waals surface area (Å²) in [6.45, 7) is 2.67. The van der Waals surface area contributed by atoms with Gasteiger partial charge in [0.15, 0.2) is 11.5 Å².